The van der Waals surface area contributed by atoms with E-state index in [2.05, 4.69) is 5.10 Å². The van der Waals surface area contributed by atoms with E-state index >= 15 is 0 Å². The molecule has 0 unspecified atom stereocenters. The van der Waals surface area contributed by atoms with E-state index in [0.29, 0.717) is 17.8 Å². The Labute approximate surface area is 115 Å². The van der Waals surface area contributed by atoms with Gasteiger partial charge in [-0.15, -0.1) is 0 Å². The molecule has 2 rings (SSSR count). The summed E-state index contributed by atoms with van der Waals surface area (Å²) in [5, 5.41) is 4.18. The molecular weight excluding hydrogens is 262 g/mol. The van der Waals surface area contributed by atoms with Crippen molar-refractivity contribution in [1.82, 2.24) is 9.78 Å². The van der Waals surface area contributed by atoms with Crippen molar-refractivity contribution in [3.63, 3.8) is 0 Å². The van der Waals surface area contributed by atoms with Crippen LogP contribution in [0.1, 0.15) is 20.8 Å². The maximum Gasteiger partial charge on any atom is 0.266 e. The van der Waals surface area contributed by atoms with Crippen LogP contribution in [0, 0.1) is 17.0 Å². The molecule has 0 spiro atoms. The van der Waals surface area contributed by atoms with Crippen molar-refractivity contribution in [2.75, 3.05) is 0 Å². The van der Waals surface area contributed by atoms with Crippen LogP contribution >= 0.6 is 0 Å². The molecule has 0 aliphatic rings. The number of rotatable bonds is 2. The molecular formula is C15H16F2N2O. The highest BCUT2D eigenvalue weighted by molar-refractivity contribution is 5.58. The van der Waals surface area contributed by atoms with Crippen LogP contribution < -0.4 is 5.56 Å². The Hall–Kier alpha value is -2.04. The fourth-order valence-electron chi connectivity index (χ4n) is 1.87. The van der Waals surface area contributed by atoms with Crippen LogP contribution in [0.2, 0.25) is 0 Å². The molecule has 0 N–H and O–H groups in total. The summed E-state index contributed by atoms with van der Waals surface area (Å²) in [5.74, 6) is -1.34. The van der Waals surface area contributed by atoms with Crippen LogP contribution in [0.3, 0.4) is 0 Å². The van der Waals surface area contributed by atoms with Crippen LogP contribution in [0.4, 0.5) is 8.78 Å². The first-order chi connectivity index (χ1) is 9.24. The van der Waals surface area contributed by atoms with Crippen LogP contribution in [-0.2, 0) is 6.54 Å². The third-order valence-electron chi connectivity index (χ3n) is 2.65. The zero-order valence-electron chi connectivity index (χ0n) is 11.7. The summed E-state index contributed by atoms with van der Waals surface area (Å²) in [6.07, 6.45) is 0. The highest BCUT2D eigenvalue weighted by atomic mass is 19.1. The molecule has 0 aliphatic carbocycles. The van der Waals surface area contributed by atoms with Crippen molar-refractivity contribution in [3.8, 4) is 11.3 Å². The van der Waals surface area contributed by atoms with E-state index in [9.17, 15) is 13.6 Å². The van der Waals surface area contributed by atoms with Gasteiger partial charge in [0.2, 0.25) is 0 Å². The average molecular weight is 278 g/mol. The molecule has 106 valence electrons. The third-order valence-corrected chi connectivity index (χ3v) is 2.65. The normalized spacial score (nSPS) is 11.7. The van der Waals surface area contributed by atoms with Crippen LogP contribution in [0.25, 0.3) is 11.3 Å². The van der Waals surface area contributed by atoms with Gasteiger partial charge in [0.25, 0.3) is 5.56 Å². The van der Waals surface area contributed by atoms with Gasteiger partial charge in [0, 0.05) is 24.2 Å². The van der Waals surface area contributed by atoms with Crippen LogP contribution in [0.15, 0.2) is 35.1 Å². The molecule has 0 amide bonds. The zero-order chi connectivity index (χ0) is 14.9. The second kappa shape index (κ2) is 5.15. The predicted molar refractivity (Wildman–Crippen MR) is 73.3 cm³/mol. The van der Waals surface area contributed by atoms with E-state index in [0.717, 1.165) is 6.07 Å². The second-order valence-electron chi connectivity index (χ2n) is 5.93. The van der Waals surface area contributed by atoms with Crippen LogP contribution in [0.5, 0.6) is 0 Å². The Morgan fingerprint density at radius 3 is 2.25 bits per heavy atom. The van der Waals surface area contributed by atoms with Gasteiger partial charge in [-0.1, -0.05) is 20.8 Å². The van der Waals surface area contributed by atoms with Crippen molar-refractivity contribution in [3.05, 3.63) is 52.3 Å². The van der Waals surface area contributed by atoms with E-state index < -0.39 is 11.6 Å². The van der Waals surface area contributed by atoms with Gasteiger partial charge in [0.15, 0.2) is 0 Å². The van der Waals surface area contributed by atoms with Crippen molar-refractivity contribution in [2.24, 2.45) is 5.41 Å². The standard InChI is InChI=1S/C15H16F2N2O/c1-15(2,3)9-19-14(20)5-4-13(18-19)10-6-11(16)8-12(17)7-10/h4-8H,9H2,1-3H3. The summed E-state index contributed by atoms with van der Waals surface area (Å²) in [5.41, 5.74) is 0.320. The lowest BCUT2D eigenvalue weighted by atomic mass is 9.97. The Morgan fingerprint density at radius 1 is 1.10 bits per heavy atom. The Bertz CT molecular complexity index is 667. The zero-order valence-corrected chi connectivity index (χ0v) is 11.7. The summed E-state index contributed by atoms with van der Waals surface area (Å²) in [7, 11) is 0. The monoisotopic (exact) mass is 278 g/mol. The predicted octanol–water partition coefficient (Wildman–Crippen LogP) is 3.23. The Kier molecular flexibility index (Phi) is 3.70. The minimum atomic E-state index is -0.671. The van der Waals surface area contributed by atoms with Gasteiger partial charge in [-0.2, -0.15) is 5.10 Å². The first-order valence-electron chi connectivity index (χ1n) is 6.29. The molecule has 0 bridgehead atoms. The molecule has 0 atom stereocenters. The van der Waals surface area contributed by atoms with Crippen molar-refractivity contribution in [1.29, 1.82) is 0 Å². The maximum absolute atomic E-state index is 13.2. The maximum atomic E-state index is 13.2. The number of halogens is 2. The molecule has 5 heteroatoms. The molecule has 0 aliphatic heterocycles. The average Bonchev–Trinajstić information content (AvgIpc) is 2.29. The molecule has 1 heterocycles. The van der Waals surface area contributed by atoms with E-state index in [1.807, 2.05) is 20.8 Å². The van der Waals surface area contributed by atoms with Gasteiger partial charge in [-0.3, -0.25) is 4.79 Å². The van der Waals surface area contributed by atoms with Gasteiger partial charge in [0.05, 0.1) is 5.69 Å². The highest BCUT2D eigenvalue weighted by Gasteiger charge is 2.14. The topological polar surface area (TPSA) is 34.9 Å². The van der Waals surface area contributed by atoms with E-state index in [1.165, 1.54) is 28.9 Å². The van der Waals surface area contributed by atoms with E-state index in [-0.39, 0.29) is 11.0 Å². The number of hydrogen-bond acceptors (Lipinski definition) is 2. The number of benzene rings is 1. The molecule has 0 saturated carbocycles. The molecule has 3 nitrogen and oxygen atoms in total. The summed E-state index contributed by atoms with van der Waals surface area (Å²) in [6.45, 7) is 6.37. The fourth-order valence-corrected chi connectivity index (χ4v) is 1.87. The highest BCUT2D eigenvalue weighted by Crippen LogP contribution is 2.20. The van der Waals surface area contributed by atoms with Gasteiger partial charge >= 0.3 is 0 Å². The summed E-state index contributed by atoms with van der Waals surface area (Å²) >= 11 is 0. The lowest BCUT2D eigenvalue weighted by molar-refractivity contribution is 0.317. The Balaban J connectivity index is 2.48. The van der Waals surface area contributed by atoms with Gasteiger partial charge in [-0.25, -0.2) is 13.5 Å². The van der Waals surface area contributed by atoms with Crippen molar-refractivity contribution >= 4 is 0 Å². The first-order valence-corrected chi connectivity index (χ1v) is 6.29. The fraction of sp³-hybridized carbons (Fsp3) is 0.333. The molecule has 1 aromatic heterocycles. The molecule has 0 fully saturated rings. The first kappa shape index (κ1) is 14.4. The number of nitrogens with zero attached hydrogens (tertiary/aromatic N) is 2. The lowest BCUT2D eigenvalue weighted by Crippen LogP contribution is -2.28. The summed E-state index contributed by atoms with van der Waals surface area (Å²) < 4.78 is 27.8. The third kappa shape index (κ3) is 3.50. The molecule has 1 aromatic carbocycles. The summed E-state index contributed by atoms with van der Waals surface area (Å²) in [6, 6.07) is 6.01. The molecule has 0 radical (unpaired) electrons. The number of hydrogen-bond donors (Lipinski definition) is 0. The van der Waals surface area contributed by atoms with Crippen molar-refractivity contribution < 1.29 is 8.78 Å². The molecule has 2 aromatic rings. The number of aromatic nitrogens is 2. The molecule has 0 saturated heterocycles. The Morgan fingerprint density at radius 2 is 1.70 bits per heavy atom. The summed E-state index contributed by atoms with van der Waals surface area (Å²) in [4.78, 5) is 11.8. The smallest absolute Gasteiger partial charge is 0.266 e. The van der Waals surface area contributed by atoms with Crippen LogP contribution in [-0.4, -0.2) is 9.78 Å². The minimum Gasteiger partial charge on any atom is -0.268 e. The SMILES string of the molecule is CC(C)(C)Cn1nc(-c2cc(F)cc(F)c2)ccc1=O. The van der Waals surface area contributed by atoms with E-state index in [1.54, 1.807) is 0 Å². The van der Waals surface area contributed by atoms with Crippen molar-refractivity contribution in [2.45, 2.75) is 27.3 Å². The molecule has 20 heavy (non-hydrogen) atoms. The van der Waals surface area contributed by atoms with Gasteiger partial charge in [0.1, 0.15) is 11.6 Å². The van der Waals surface area contributed by atoms with Gasteiger partial charge < -0.3 is 0 Å². The second-order valence-corrected chi connectivity index (χ2v) is 5.93. The minimum absolute atomic E-state index is 0.122. The lowest BCUT2D eigenvalue weighted by Gasteiger charge is -2.19. The van der Waals surface area contributed by atoms with E-state index in [4.69, 9.17) is 0 Å². The largest absolute Gasteiger partial charge is 0.268 e. The quantitative estimate of drug-likeness (QED) is 0.845. The van der Waals surface area contributed by atoms with Gasteiger partial charge in [-0.05, 0) is 23.6 Å².